The maximum absolute atomic E-state index is 13.2. The number of aryl methyl sites for hydroxylation is 2. The number of amides is 2. The fraction of sp³-hybridized carbons (Fsp3) is 0.310. The quantitative estimate of drug-likeness (QED) is 0.277. The Bertz CT molecular complexity index is 1990. The first-order valence-corrected chi connectivity index (χ1v) is 16.0. The maximum atomic E-state index is 13.2. The molecule has 228 valence electrons. The van der Waals surface area contributed by atoms with Gasteiger partial charge in [0, 0.05) is 37.5 Å². The monoisotopic (exact) mass is 617 g/mol. The van der Waals surface area contributed by atoms with Gasteiger partial charge in [-0.2, -0.15) is 9.61 Å². The fourth-order valence-corrected chi connectivity index (χ4v) is 5.92. The summed E-state index contributed by atoms with van der Waals surface area (Å²) in [6, 6.07) is 13.2. The van der Waals surface area contributed by atoms with Gasteiger partial charge >= 0.3 is 6.09 Å². The zero-order valence-electron chi connectivity index (χ0n) is 24.4. The van der Waals surface area contributed by atoms with E-state index >= 15 is 0 Å². The third-order valence-corrected chi connectivity index (χ3v) is 8.47. The zero-order chi connectivity index (χ0) is 31.0. The van der Waals surface area contributed by atoms with Gasteiger partial charge in [-0.1, -0.05) is 36.4 Å². The van der Waals surface area contributed by atoms with Crippen molar-refractivity contribution in [2.45, 2.75) is 37.9 Å². The lowest BCUT2D eigenvalue weighted by atomic mass is 10.2. The predicted octanol–water partition coefficient (Wildman–Crippen LogP) is 2.42. The second kappa shape index (κ2) is 11.6. The summed E-state index contributed by atoms with van der Waals surface area (Å²) in [7, 11) is -3.68. The Labute approximate surface area is 253 Å². The lowest BCUT2D eigenvalue weighted by molar-refractivity contribution is -0.121. The SMILES string of the molecule is CCn1cc(-c2nc3c4cccc(S(C)(=O)=O)c4nc(N[C@@H]4CN(C(=O)OCc5ccccc5)CCNC4=O)n3n2)c(C)n1. The summed E-state index contributed by atoms with van der Waals surface area (Å²) in [5.41, 5.74) is 2.78. The Hall–Kier alpha value is -5.05. The highest BCUT2D eigenvalue weighted by Crippen LogP contribution is 2.29. The fourth-order valence-electron chi connectivity index (χ4n) is 5.09. The molecule has 15 heteroatoms. The van der Waals surface area contributed by atoms with E-state index in [2.05, 4.69) is 20.7 Å². The van der Waals surface area contributed by atoms with Crippen molar-refractivity contribution in [1.29, 1.82) is 0 Å². The highest BCUT2D eigenvalue weighted by molar-refractivity contribution is 7.91. The van der Waals surface area contributed by atoms with Gasteiger partial charge in [-0.15, -0.1) is 5.10 Å². The highest BCUT2D eigenvalue weighted by Gasteiger charge is 2.30. The second-order valence-electron chi connectivity index (χ2n) is 10.5. The number of sulfone groups is 1. The van der Waals surface area contributed by atoms with Gasteiger partial charge in [-0.25, -0.2) is 23.2 Å². The van der Waals surface area contributed by atoms with E-state index in [1.165, 1.54) is 15.5 Å². The number of nitrogens with zero attached hydrogens (tertiary/aromatic N) is 7. The van der Waals surface area contributed by atoms with Crippen molar-refractivity contribution in [3.63, 3.8) is 0 Å². The minimum absolute atomic E-state index is 0.0107. The Balaban J connectivity index is 1.40. The molecule has 4 heterocycles. The Morgan fingerprint density at radius 3 is 2.64 bits per heavy atom. The third kappa shape index (κ3) is 5.65. The molecular weight excluding hydrogens is 586 g/mol. The van der Waals surface area contributed by atoms with Crippen LogP contribution in [-0.2, 0) is 32.5 Å². The van der Waals surface area contributed by atoms with Crippen LogP contribution in [0.1, 0.15) is 18.2 Å². The maximum Gasteiger partial charge on any atom is 0.410 e. The minimum atomic E-state index is -3.68. The molecule has 1 aliphatic rings. The van der Waals surface area contributed by atoms with Crippen molar-refractivity contribution in [2.24, 2.45) is 0 Å². The van der Waals surface area contributed by atoms with Crippen molar-refractivity contribution in [3.8, 4) is 11.4 Å². The van der Waals surface area contributed by atoms with Crippen LogP contribution in [0.25, 0.3) is 27.9 Å². The highest BCUT2D eigenvalue weighted by atomic mass is 32.2. The molecule has 0 aliphatic carbocycles. The lowest BCUT2D eigenvalue weighted by Crippen LogP contribution is -2.44. The van der Waals surface area contributed by atoms with E-state index in [-0.39, 0.29) is 48.5 Å². The molecule has 0 saturated carbocycles. The summed E-state index contributed by atoms with van der Waals surface area (Å²) < 4.78 is 34.2. The van der Waals surface area contributed by atoms with Crippen LogP contribution in [-0.4, -0.2) is 86.6 Å². The molecule has 2 aromatic carbocycles. The molecule has 14 nitrogen and oxygen atoms in total. The number of anilines is 1. The number of rotatable bonds is 7. The number of para-hydroxylation sites is 1. The molecule has 1 aliphatic heterocycles. The van der Waals surface area contributed by atoms with Gasteiger partial charge in [0.25, 0.3) is 0 Å². The molecule has 0 unspecified atom stereocenters. The van der Waals surface area contributed by atoms with Crippen LogP contribution in [0.15, 0.2) is 59.6 Å². The largest absolute Gasteiger partial charge is 0.445 e. The normalized spacial score (nSPS) is 15.8. The summed E-state index contributed by atoms with van der Waals surface area (Å²) in [6.07, 6.45) is 2.38. The summed E-state index contributed by atoms with van der Waals surface area (Å²) in [5.74, 6) is 0.0819. The van der Waals surface area contributed by atoms with E-state index < -0.39 is 22.0 Å². The van der Waals surface area contributed by atoms with Crippen molar-refractivity contribution in [1.82, 2.24) is 39.6 Å². The molecule has 5 aromatic rings. The van der Waals surface area contributed by atoms with Crippen molar-refractivity contribution in [3.05, 3.63) is 66.0 Å². The van der Waals surface area contributed by atoms with Crippen molar-refractivity contribution >= 4 is 44.3 Å². The number of hydrogen-bond acceptors (Lipinski definition) is 10. The number of benzene rings is 2. The van der Waals surface area contributed by atoms with E-state index in [1.807, 2.05) is 50.4 Å². The van der Waals surface area contributed by atoms with Crippen molar-refractivity contribution in [2.75, 3.05) is 31.2 Å². The summed E-state index contributed by atoms with van der Waals surface area (Å²) in [6.45, 7) is 5.01. The summed E-state index contributed by atoms with van der Waals surface area (Å²) >= 11 is 0. The van der Waals surface area contributed by atoms with Gasteiger partial charge in [0.15, 0.2) is 21.3 Å². The predicted molar refractivity (Wildman–Crippen MR) is 162 cm³/mol. The van der Waals surface area contributed by atoms with Gasteiger partial charge in [0.2, 0.25) is 11.9 Å². The smallest absolute Gasteiger partial charge is 0.410 e. The Morgan fingerprint density at radius 2 is 1.91 bits per heavy atom. The molecule has 1 saturated heterocycles. The number of carbonyl (C=O) groups is 2. The standard InChI is InChI=1S/C29H31N9O5S/c1-4-37-15-21(18(2)34-37)25-33-26-20-11-8-12-23(44(3,41)42)24(20)32-28(38(26)35-25)31-22-16-36(14-13-30-27(22)39)29(40)43-17-19-9-6-5-7-10-19/h5-12,15,22H,4,13-14,16-17H2,1-3H3,(H,30,39)(H,31,32)/t22-/m1/s1. The zero-order valence-corrected chi connectivity index (χ0v) is 25.2. The molecule has 0 bridgehead atoms. The van der Waals surface area contributed by atoms with Crippen LogP contribution >= 0.6 is 0 Å². The molecule has 1 fully saturated rings. The Kier molecular flexibility index (Phi) is 7.63. The van der Waals surface area contributed by atoms with Gasteiger partial charge in [-0.05, 0) is 31.5 Å². The molecule has 6 rings (SSSR count). The van der Waals surface area contributed by atoms with Crippen LogP contribution in [0.2, 0.25) is 0 Å². The third-order valence-electron chi connectivity index (χ3n) is 7.34. The van der Waals surface area contributed by atoms with E-state index in [0.29, 0.717) is 29.0 Å². The first-order valence-electron chi connectivity index (χ1n) is 14.1. The van der Waals surface area contributed by atoms with Crippen molar-refractivity contribution < 1.29 is 22.7 Å². The number of nitrogens with one attached hydrogen (secondary N) is 2. The molecule has 2 N–H and O–H groups in total. The molecular formula is C29H31N9O5S. The average molecular weight is 618 g/mol. The van der Waals surface area contributed by atoms with E-state index in [1.54, 1.807) is 16.8 Å². The summed E-state index contributed by atoms with van der Waals surface area (Å²) in [5, 5.41) is 15.6. The first kappa shape index (κ1) is 29.0. The molecule has 2 amide bonds. The first-order chi connectivity index (χ1) is 21.1. The van der Waals surface area contributed by atoms with E-state index in [0.717, 1.165) is 17.5 Å². The molecule has 0 spiro atoms. The minimum Gasteiger partial charge on any atom is -0.445 e. The molecule has 1 atom stereocenters. The number of hydrogen-bond donors (Lipinski definition) is 2. The van der Waals surface area contributed by atoms with Gasteiger partial charge < -0.3 is 20.3 Å². The van der Waals surface area contributed by atoms with E-state index in [9.17, 15) is 18.0 Å². The van der Waals surface area contributed by atoms with Crippen LogP contribution < -0.4 is 10.6 Å². The number of fused-ring (bicyclic) bond motifs is 3. The van der Waals surface area contributed by atoms with Crippen LogP contribution in [0.5, 0.6) is 0 Å². The average Bonchev–Trinajstić information content (AvgIpc) is 3.57. The molecule has 3 aromatic heterocycles. The number of ether oxygens (including phenoxy) is 1. The van der Waals surface area contributed by atoms with Gasteiger partial charge in [0.05, 0.1) is 28.2 Å². The molecule has 0 radical (unpaired) electrons. The number of carbonyl (C=O) groups excluding carboxylic acids is 2. The Morgan fingerprint density at radius 1 is 1.11 bits per heavy atom. The van der Waals surface area contributed by atoms with Crippen LogP contribution in [0, 0.1) is 6.92 Å². The van der Waals surface area contributed by atoms with E-state index in [4.69, 9.17) is 14.8 Å². The van der Waals surface area contributed by atoms with Gasteiger partial charge in [0.1, 0.15) is 12.6 Å². The summed E-state index contributed by atoms with van der Waals surface area (Å²) in [4.78, 5) is 37.1. The lowest BCUT2D eigenvalue weighted by Gasteiger charge is -2.23. The number of aromatic nitrogens is 6. The molecule has 44 heavy (non-hydrogen) atoms. The van der Waals surface area contributed by atoms with Crippen LogP contribution in [0.4, 0.5) is 10.7 Å². The van der Waals surface area contributed by atoms with Gasteiger partial charge in [-0.3, -0.25) is 9.48 Å². The van der Waals surface area contributed by atoms with Crippen LogP contribution in [0.3, 0.4) is 0 Å². The topological polar surface area (TPSA) is 166 Å². The second-order valence-corrected chi connectivity index (χ2v) is 12.5.